The van der Waals surface area contributed by atoms with E-state index in [9.17, 15) is 17.6 Å². The number of fused-ring (bicyclic) bond motifs is 1. The zero-order valence-electron chi connectivity index (χ0n) is 18.4. The molecular weight excluding hydrogens is 519 g/mol. The van der Waals surface area contributed by atoms with Gasteiger partial charge in [-0.25, -0.2) is 17.7 Å². The fourth-order valence-corrected chi connectivity index (χ4v) is 5.33. The Balaban J connectivity index is 1.66. The molecule has 2 aromatic rings. The quantitative estimate of drug-likeness (QED) is 0.436. The lowest BCUT2D eigenvalue weighted by molar-refractivity contribution is -0.114. The minimum absolute atomic E-state index is 0.00449. The van der Waals surface area contributed by atoms with Crippen molar-refractivity contribution >= 4 is 61.5 Å². The molecule has 0 unspecified atom stereocenters. The number of carbonyl (C=O) groups is 1. The number of nitrogens with zero attached hydrogens (tertiary/aromatic N) is 3. The second-order valence-electron chi connectivity index (χ2n) is 7.36. The number of sulfone groups is 1. The SMILES string of the molecule is CCOc1cc(C=C2C(=N)N3C(=NC2=O)SN=C3S(C)(=O)=O)cc(Cl)c1OCc1ccc(F)cc1. The van der Waals surface area contributed by atoms with Crippen molar-refractivity contribution in [3.05, 3.63) is 63.9 Å². The van der Waals surface area contributed by atoms with Gasteiger partial charge in [-0.2, -0.15) is 9.39 Å². The fraction of sp³-hybridized carbons (Fsp3) is 0.182. The fourth-order valence-electron chi connectivity index (χ4n) is 3.21. The summed E-state index contributed by atoms with van der Waals surface area (Å²) in [6, 6.07) is 8.90. The van der Waals surface area contributed by atoms with Gasteiger partial charge < -0.3 is 9.47 Å². The van der Waals surface area contributed by atoms with Crippen LogP contribution in [0.1, 0.15) is 18.1 Å². The highest BCUT2D eigenvalue weighted by Gasteiger charge is 2.41. The summed E-state index contributed by atoms with van der Waals surface area (Å²) in [5, 5.41) is 8.25. The van der Waals surface area contributed by atoms with Crippen molar-refractivity contribution in [3.63, 3.8) is 0 Å². The van der Waals surface area contributed by atoms with Crippen LogP contribution in [0.3, 0.4) is 0 Å². The third-order valence-electron chi connectivity index (χ3n) is 4.77. The molecule has 0 atom stereocenters. The number of rotatable bonds is 6. The molecule has 2 heterocycles. The highest BCUT2D eigenvalue weighted by Crippen LogP contribution is 2.38. The molecule has 2 aliphatic heterocycles. The zero-order valence-corrected chi connectivity index (χ0v) is 20.8. The topological polar surface area (TPSA) is 121 Å². The average Bonchev–Trinajstić information content (AvgIpc) is 3.22. The van der Waals surface area contributed by atoms with Crippen molar-refractivity contribution in [2.24, 2.45) is 9.39 Å². The summed E-state index contributed by atoms with van der Waals surface area (Å²) in [4.78, 5) is 17.5. The molecule has 35 heavy (non-hydrogen) atoms. The first-order valence-electron chi connectivity index (χ1n) is 10.1. The average molecular weight is 537 g/mol. The summed E-state index contributed by atoms with van der Waals surface area (Å²) in [7, 11) is -3.76. The number of amidine groups is 3. The second-order valence-corrected chi connectivity index (χ2v) is 10.4. The molecule has 2 aliphatic rings. The van der Waals surface area contributed by atoms with Gasteiger partial charge in [0.05, 0.1) is 29.2 Å². The van der Waals surface area contributed by atoms with Crippen LogP contribution < -0.4 is 9.47 Å². The lowest BCUT2D eigenvalue weighted by Gasteiger charge is -2.24. The molecule has 2 aromatic carbocycles. The first kappa shape index (κ1) is 24.9. The molecule has 0 fully saturated rings. The van der Waals surface area contributed by atoms with Crippen molar-refractivity contribution in [1.29, 1.82) is 5.41 Å². The number of aliphatic imine (C=N–C) groups is 1. The van der Waals surface area contributed by atoms with E-state index in [0.717, 1.165) is 16.7 Å². The molecule has 1 amide bonds. The predicted octanol–water partition coefficient (Wildman–Crippen LogP) is 4.08. The molecule has 182 valence electrons. The number of amides is 1. The van der Waals surface area contributed by atoms with Gasteiger partial charge in [-0.15, -0.1) is 0 Å². The van der Waals surface area contributed by atoms with Gasteiger partial charge in [-0.1, -0.05) is 23.7 Å². The maximum absolute atomic E-state index is 13.1. The Kier molecular flexibility index (Phi) is 6.97. The molecule has 0 bridgehead atoms. The number of ether oxygens (including phenoxy) is 2. The highest BCUT2D eigenvalue weighted by atomic mass is 35.5. The summed E-state index contributed by atoms with van der Waals surface area (Å²) in [5.41, 5.74) is 0.980. The molecule has 9 nitrogen and oxygen atoms in total. The van der Waals surface area contributed by atoms with Crippen molar-refractivity contribution in [1.82, 2.24) is 4.90 Å². The third-order valence-corrected chi connectivity index (χ3v) is 6.80. The van der Waals surface area contributed by atoms with Crippen LogP contribution in [0.2, 0.25) is 5.02 Å². The van der Waals surface area contributed by atoms with Gasteiger partial charge in [0, 0.05) is 6.26 Å². The smallest absolute Gasteiger partial charge is 0.283 e. The van der Waals surface area contributed by atoms with Crippen molar-refractivity contribution in [3.8, 4) is 11.5 Å². The number of halogens is 2. The van der Waals surface area contributed by atoms with Crippen LogP contribution in [-0.4, -0.2) is 48.3 Å². The molecule has 0 saturated heterocycles. The van der Waals surface area contributed by atoms with E-state index >= 15 is 0 Å². The van der Waals surface area contributed by atoms with Crippen molar-refractivity contribution < 1.29 is 27.1 Å². The van der Waals surface area contributed by atoms with Gasteiger partial charge in [-0.3, -0.25) is 10.2 Å². The first-order valence-corrected chi connectivity index (χ1v) is 13.1. The zero-order chi connectivity index (χ0) is 25.3. The lowest BCUT2D eigenvalue weighted by atomic mass is 10.1. The molecule has 0 radical (unpaired) electrons. The lowest BCUT2D eigenvalue weighted by Crippen LogP contribution is -2.45. The number of nitrogens with one attached hydrogen (secondary N) is 1. The molecule has 0 aromatic heterocycles. The minimum Gasteiger partial charge on any atom is -0.490 e. The Morgan fingerprint density at radius 3 is 2.60 bits per heavy atom. The molecular formula is C22H18ClFN4O5S2. The number of carbonyl (C=O) groups excluding carboxylic acids is 1. The maximum Gasteiger partial charge on any atom is 0.283 e. The standard InChI is InChI=1S/C22H18ClFN4O5S2/c1-3-32-17-10-13(9-16(23)18(17)33-11-12-4-6-14(24)7-5-12)8-15-19(25)28-21(26-20(15)29)34-27-22(28)35(2,30)31/h4-10,25H,3,11H2,1-2H3. The highest BCUT2D eigenvalue weighted by molar-refractivity contribution is 8.16. The minimum atomic E-state index is -3.76. The Hall–Kier alpha value is -3.22. The van der Waals surface area contributed by atoms with Crippen LogP contribution >= 0.6 is 23.5 Å². The van der Waals surface area contributed by atoms with E-state index in [-0.39, 0.29) is 44.9 Å². The largest absolute Gasteiger partial charge is 0.490 e. The Labute approximate surface area is 209 Å². The van der Waals surface area contributed by atoms with Crippen LogP contribution in [0.15, 0.2) is 51.4 Å². The molecule has 13 heteroatoms. The predicted molar refractivity (Wildman–Crippen MR) is 133 cm³/mol. The van der Waals surface area contributed by atoms with E-state index in [4.69, 9.17) is 26.5 Å². The van der Waals surface area contributed by atoms with Crippen molar-refractivity contribution in [2.45, 2.75) is 13.5 Å². The van der Waals surface area contributed by atoms with Crippen LogP contribution in [0, 0.1) is 11.2 Å². The molecule has 4 rings (SSSR count). The van der Waals surface area contributed by atoms with Crippen LogP contribution in [0.5, 0.6) is 11.5 Å². The van der Waals surface area contributed by atoms with E-state index < -0.39 is 15.7 Å². The Morgan fingerprint density at radius 1 is 1.23 bits per heavy atom. The van der Waals surface area contributed by atoms with E-state index in [1.807, 2.05) is 0 Å². The summed E-state index contributed by atoms with van der Waals surface area (Å²) < 4.78 is 52.6. The van der Waals surface area contributed by atoms with E-state index in [1.165, 1.54) is 24.3 Å². The van der Waals surface area contributed by atoms with Gasteiger partial charge in [0.2, 0.25) is 20.2 Å². The van der Waals surface area contributed by atoms with E-state index in [1.54, 1.807) is 25.1 Å². The van der Waals surface area contributed by atoms with Gasteiger partial charge in [0.1, 0.15) is 18.3 Å². The van der Waals surface area contributed by atoms with Gasteiger partial charge >= 0.3 is 0 Å². The summed E-state index contributed by atoms with van der Waals surface area (Å²) in [6.07, 6.45) is 2.33. The van der Waals surface area contributed by atoms with Gasteiger partial charge in [-0.05, 0) is 48.4 Å². The summed E-state index contributed by atoms with van der Waals surface area (Å²) in [5.74, 6) is -0.902. The normalized spacial score (nSPS) is 16.8. The van der Waals surface area contributed by atoms with Crippen LogP contribution in [0.25, 0.3) is 6.08 Å². The molecule has 0 saturated carbocycles. The van der Waals surface area contributed by atoms with Crippen molar-refractivity contribution in [2.75, 3.05) is 12.9 Å². The number of hydrogen-bond donors (Lipinski definition) is 1. The van der Waals surface area contributed by atoms with Gasteiger partial charge in [0.25, 0.3) is 5.91 Å². The van der Waals surface area contributed by atoms with Crippen LogP contribution in [0.4, 0.5) is 4.39 Å². The van der Waals surface area contributed by atoms with E-state index in [2.05, 4.69) is 9.39 Å². The first-order chi connectivity index (χ1) is 16.6. The number of hydrogen-bond acceptors (Lipinski definition) is 8. The van der Waals surface area contributed by atoms with E-state index in [0.29, 0.717) is 29.9 Å². The Morgan fingerprint density at radius 2 is 1.94 bits per heavy atom. The third kappa shape index (κ3) is 5.24. The monoisotopic (exact) mass is 536 g/mol. The molecule has 0 spiro atoms. The molecule has 0 aliphatic carbocycles. The Bertz CT molecular complexity index is 1420. The summed E-state index contributed by atoms with van der Waals surface area (Å²) >= 11 is 7.16. The van der Waals surface area contributed by atoms with Gasteiger partial charge in [0.15, 0.2) is 11.5 Å². The molecule has 1 N–H and O–H groups in total. The number of benzene rings is 2. The maximum atomic E-state index is 13.1. The second kappa shape index (κ2) is 9.80. The van der Waals surface area contributed by atoms with Crippen LogP contribution in [-0.2, 0) is 21.2 Å². The summed E-state index contributed by atoms with van der Waals surface area (Å²) in [6.45, 7) is 2.18.